The summed E-state index contributed by atoms with van der Waals surface area (Å²) < 4.78 is 39.1. The summed E-state index contributed by atoms with van der Waals surface area (Å²) in [5, 5.41) is 3.30. The summed E-state index contributed by atoms with van der Waals surface area (Å²) in [7, 11) is 0. The van der Waals surface area contributed by atoms with Gasteiger partial charge in [0.05, 0.1) is 5.56 Å². The van der Waals surface area contributed by atoms with Crippen LogP contribution < -0.4 is 5.32 Å². The Morgan fingerprint density at radius 3 is 2.43 bits per heavy atom. The number of benzene rings is 1. The van der Waals surface area contributed by atoms with E-state index >= 15 is 0 Å². The molecule has 0 saturated carbocycles. The fourth-order valence-electron chi connectivity index (χ4n) is 2.57. The Morgan fingerprint density at radius 1 is 1.24 bits per heavy atom. The molecule has 0 aromatic heterocycles. The van der Waals surface area contributed by atoms with Gasteiger partial charge in [-0.3, -0.25) is 0 Å². The van der Waals surface area contributed by atoms with Crippen LogP contribution in [0.15, 0.2) is 22.7 Å². The second-order valence-corrected chi connectivity index (χ2v) is 6.33. The normalized spacial score (nSPS) is 15.0. The standard InChI is InChI=1S/C16H23BrF3N/c1-4-6-11(3)9-15(21-5-2)12-7-8-14(17)13(10-12)16(18,19)20/h7-8,10-11,15,21H,4-6,9H2,1-3H3. The van der Waals surface area contributed by atoms with E-state index in [-0.39, 0.29) is 10.5 Å². The molecule has 0 aliphatic heterocycles. The molecule has 1 N–H and O–H groups in total. The molecule has 0 spiro atoms. The Kier molecular flexibility index (Phi) is 7.21. The summed E-state index contributed by atoms with van der Waals surface area (Å²) in [5.41, 5.74) is 0.0985. The number of nitrogens with one attached hydrogen (secondary N) is 1. The zero-order valence-corrected chi connectivity index (χ0v) is 14.3. The fraction of sp³-hybridized carbons (Fsp3) is 0.625. The Morgan fingerprint density at radius 2 is 1.90 bits per heavy atom. The number of rotatable bonds is 7. The van der Waals surface area contributed by atoms with E-state index in [0.717, 1.165) is 25.8 Å². The quantitative estimate of drug-likeness (QED) is 0.629. The number of hydrogen-bond acceptors (Lipinski definition) is 1. The number of halogens is 4. The van der Waals surface area contributed by atoms with Crippen molar-refractivity contribution in [3.63, 3.8) is 0 Å². The minimum Gasteiger partial charge on any atom is -0.310 e. The van der Waals surface area contributed by atoms with Gasteiger partial charge in [-0.05, 0) is 36.6 Å². The molecular weight excluding hydrogens is 343 g/mol. The van der Waals surface area contributed by atoms with Crippen molar-refractivity contribution >= 4 is 15.9 Å². The van der Waals surface area contributed by atoms with Crippen molar-refractivity contribution < 1.29 is 13.2 Å². The molecule has 120 valence electrons. The predicted octanol–water partition coefficient (Wildman–Crippen LogP) is 5.94. The van der Waals surface area contributed by atoms with Crippen molar-refractivity contribution in [3.05, 3.63) is 33.8 Å². The van der Waals surface area contributed by atoms with Crippen LogP contribution >= 0.6 is 15.9 Å². The molecule has 0 aliphatic rings. The molecule has 1 aromatic rings. The molecule has 1 rings (SSSR count). The first-order chi connectivity index (χ1) is 9.79. The van der Waals surface area contributed by atoms with Crippen LogP contribution in [0.4, 0.5) is 13.2 Å². The maximum Gasteiger partial charge on any atom is 0.417 e. The molecule has 21 heavy (non-hydrogen) atoms. The molecule has 0 aliphatic carbocycles. The monoisotopic (exact) mass is 365 g/mol. The van der Waals surface area contributed by atoms with E-state index in [9.17, 15) is 13.2 Å². The summed E-state index contributed by atoms with van der Waals surface area (Å²) in [5.74, 6) is 0.483. The van der Waals surface area contributed by atoms with Crippen molar-refractivity contribution in [2.45, 2.75) is 52.3 Å². The minimum atomic E-state index is -4.33. The van der Waals surface area contributed by atoms with Crippen molar-refractivity contribution in [2.24, 2.45) is 5.92 Å². The third kappa shape index (κ3) is 5.62. The van der Waals surface area contributed by atoms with Crippen LogP contribution in [0.25, 0.3) is 0 Å². The second kappa shape index (κ2) is 8.18. The first kappa shape index (κ1) is 18.5. The van der Waals surface area contributed by atoms with Gasteiger partial charge < -0.3 is 5.32 Å². The van der Waals surface area contributed by atoms with Gasteiger partial charge in [-0.2, -0.15) is 13.2 Å². The summed E-state index contributed by atoms with van der Waals surface area (Å²) in [6, 6.07) is 4.49. The van der Waals surface area contributed by atoms with E-state index in [2.05, 4.69) is 35.1 Å². The lowest BCUT2D eigenvalue weighted by molar-refractivity contribution is -0.138. The van der Waals surface area contributed by atoms with Crippen LogP contribution in [-0.4, -0.2) is 6.54 Å². The molecule has 0 heterocycles. The highest BCUT2D eigenvalue weighted by atomic mass is 79.9. The largest absolute Gasteiger partial charge is 0.417 e. The lowest BCUT2D eigenvalue weighted by Gasteiger charge is -2.23. The molecule has 0 amide bonds. The third-order valence-corrected chi connectivity index (χ3v) is 4.26. The van der Waals surface area contributed by atoms with Crippen LogP contribution in [0.1, 0.15) is 57.2 Å². The minimum absolute atomic E-state index is 0.0363. The van der Waals surface area contributed by atoms with Gasteiger partial charge in [0, 0.05) is 10.5 Å². The molecule has 5 heteroatoms. The first-order valence-electron chi connectivity index (χ1n) is 7.39. The average molecular weight is 366 g/mol. The highest BCUT2D eigenvalue weighted by Gasteiger charge is 2.33. The Balaban J connectivity index is 3.03. The summed E-state index contributed by atoms with van der Waals surface area (Å²) in [6.07, 6.45) is -1.31. The second-order valence-electron chi connectivity index (χ2n) is 5.48. The molecule has 0 saturated heterocycles. The molecule has 0 bridgehead atoms. The van der Waals surface area contributed by atoms with Gasteiger partial charge >= 0.3 is 6.18 Å². The van der Waals surface area contributed by atoms with E-state index in [4.69, 9.17) is 0 Å². The predicted molar refractivity (Wildman–Crippen MR) is 84.3 cm³/mol. The van der Waals surface area contributed by atoms with Gasteiger partial charge in [0.1, 0.15) is 0 Å². The van der Waals surface area contributed by atoms with Crippen molar-refractivity contribution in [3.8, 4) is 0 Å². The molecular formula is C16H23BrF3N. The summed E-state index contributed by atoms with van der Waals surface area (Å²) in [6.45, 7) is 6.99. The summed E-state index contributed by atoms with van der Waals surface area (Å²) in [4.78, 5) is 0. The Labute approximate surface area is 133 Å². The van der Waals surface area contributed by atoms with E-state index < -0.39 is 11.7 Å². The van der Waals surface area contributed by atoms with E-state index in [1.807, 2.05) is 6.92 Å². The van der Waals surface area contributed by atoms with Crippen LogP contribution in [-0.2, 0) is 6.18 Å². The maximum atomic E-state index is 13.0. The van der Waals surface area contributed by atoms with Gasteiger partial charge in [0.2, 0.25) is 0 Å². The van der Waals surface area contributed by atoms with Gasteiger partial charge in [-0.1, -0.05) is 55.6 Å². The molecule has 2 unspecified atom stereocenters. The highest BCUT2D eigenvalue weighted by molar-refractivity contribution is 9.10. The van der Waals surface area contributed by atoms with E-state index in [1.54, 1.807) is 6.07 Å². The maximum absolute atomic E-state index is 13.0. The van der Waals surface area contributed by atoms with Gasteiger partial charge in [-0.25, -0.2) is 0 Å². The fourth-order valence-corrected chi connectivity index (χ4v) is 3.04. The van der Waals surface area contributed by atoms with Crippen LogP contribution in [0.2, 0.25) is 0 Å². The SMILES string of the molecule is CCCC(C)CC(NCC)c1ccc(Br)c(C(F)(F)F)c1. The topological polar surface area (TPSA) is 12.0 Å². The molecule has 2 atom stereocenters. The smallest absolute Gasteiger partial charge is 0.310 e. The highest BCUT2D eigenvalue weighted by Crippen LogP contribution is 2.37. The average Bonchev–Trinajstić information content (AvgIpc) is 2.37. The molecule has 1 aromatic carbocycles. The first-order valence-corrected chi connectivity index (χ1v) is 8.18. The lowest BCUT2D eigenvalue weighted by Crippen LogP contribution is -2.23. The van der Waals surface area contributed by atoms with Crippen LogP contribution in [0.3, 0.4) is 0 Å². The van der Waals surface area contributed by atoms with Gasteiger partial charge in [-0.15, -0.1) is 0 Å². The Hall–Kier alpha value is -0.550. The van der Waals surface area contributed by atoms with Crippen molar-refractivity contribution in [2.75, 3.05) is 6.54 Å². The van der Waals surface area contributed by atoms with Gasteiger partial charge in [0.15, 0.2) is 0 Å². The Bertz CT molecular complexity index is 446. The number of alkyl halides is 3. The zero-order valence-electron chi connectivity index (χ0n) is 12.7. The molecule has 1 nitrogen and oxygen atoms in total. The van der Waals surface area contributed by atoms with E-state index in [0.29, 0.717) is 11.5 Å². The van der Waals surface area contributed by atoms with Gasteiger partial charge in [0.25, 0.3) is 0 Å². The zero-order chi connectivity index (χ0) is 16.0. The summed E-state index contributed by atoms with van der Waals surface area (Å²) >= 11 is 2.99. The van der Waals surface area contributed by atoms with E-state index in [1.165, 1.54) is 12.1 Å². The molecule has 0 radical (unpaired) electrons. The van der Waals surface area contributed by atoms with Crippen molar-refractivity contribution in [1.82, 2.24) is 5.32 Å². The number of hydrogen-bond donors (Lipinski definition) is 1. The van der Waals surface area contributed by atoms with Crippen LogP contribution in [0, 0.1) is 5.92 Å². The van der Waals surface area contributed by atoms with Crippen molar-refractivity contribution in [1.29, 1.82) is 0 Å². The molecule has 0 fully saturated rings. The lowest BCUT2D eigenvalue weighted by atomic mass is 9.92. The van der Waals surface area contributed by atoms with Crippen LogP contribution in [0.5, 0.6) is 0 Å². The third-order valence-electron chi connectivity index (χ3n) is 3.57.